The predicted octanol–water partition coefficient (Wildman–Crippen LogP) is 5.27. The van der Waals surface area contributed by atoms with Gasteiger partial charge < -0.3 is 10.6 Å². The van der Waals surface area contributed by atoms with Crippen LogP contribution in [0.25, 0.3) is 0 Å². The van der Waals surface area contributed by atoms with Crippen LogP contribution >= 0.6 is 0 Å². The summed E-state index contributed by atoms with van der Waals surface area (Å²) in [6, 6.07) is 15.7. The molecule has 0 atom stereocenters. The van der Waals surface area contributed by atoms with Crippen LogP contribution in [-0.2, 0) is 12.7 Å². The van der Waals surface area contributed by atoms with E-state index in [1.165, 1.54) is 36.5 Å². The average molecular weight is 385 g/mol. The van der Waals surface area contributed by atoms with Crippen molar-refractivity contribution in [2.75, 3.05) is 10.6 Å². The molecule has 144 valence electrons. The van der Waals surface area contributed by atoms with Gasteiger partial charge in [0, 0.05) is 18.3 Å². The summed E-state index contributed by atoms with van der Waals surface area (Å²) in [4.78, 5) is 16.6. The van der Waals surface area contributed by atoms with E-state index >= 15 is 0 Å². The van der Waals surface area contributed by atoms with Crippen LogP contribution in [0.5, 0.6) is 0 Å². The van der Waals surface area contributed by atoms with E-state index in [-0.39, 0.29) is 11.3 Å². The number of alkyl halides is 3. The van der Waals surface area contributed by atoms with Crippen molar-refractivity contribution in [2.24, 2.45) is 0 Å². The van der Waals surface area contributed by atoms with Gasteiger partial charge in [-0.3, -0.25) is 4.79 Å². The Labute approximate surface area is 160 Å². The van der Waals surface area contributed by atoms with E-state index in [1.807, 2.05) is 31.2 Å². The van der Waals surface area contributed by atoms with Crippen LogP contribution in [0.15, 0.2) is 66.9 Å². The Morgan fingerprint density at radius 1 is 1.04 bits per heavy atom. The topological polar surface area (TPSA) is 54.0 Å². The number of para-hydroxylation sites is 1. The highest BCUT2D eigenvalue weighted by molar-refractivity contribution is 6.05. The average Bonchev–Trinajstić information content (AvgIpc) is 2.66. The lowest BCUT2D eigenvalue weighted by Crippen LogP contribution is -2.17. The van der Waals surface area contributed by atoms with Crippen LogP contribution in [0, 0.1) is 6.92 Å². The van der Waals surface area contributed by atoms with Crippen molar-refractivity contribution in [3.63, 3.8) is 0 Å². The number of nitrogens with zero attached hydrogens (tertiary/aromatic N) is 1. The van der Waals surface area contributed by atoms with Gasteiger partial charge in [0.15, 0.2) is 0 Å². The van der Waals surface area contributed by atoms with Crippen molar-refractivity contribution in [1.29, 1.82) is 0 Å². The molecule has 0 aliphatic carbocycles. The standard InChI is InChI=1S/C21H18F3N3O/c1-14-5-4-6-15(11-14)13-26-19-12-16(9-10-25-19)20(28)27-18-8-3-2-7-17(18)21(22,23)24/h2-12H,13H2,1H3,(H,25,26)(H,27,28). The minimum absolute atomic E-state index is 0.207. The first-order valence-electron chi connectivity index (χ1n) is 8.56. The van der Waals surface area contributed by atoms with Crippen LogP contribution in [0.4, 0.5) is 24.7 Å². The molecule has 3 rings (SSSR count). The summed E-state index contributed by atoms with van der Waals surface area (Å²) in [5.41, 5.74) is 1.21. The molecule has 7 heteroatoms. The summed E-state index contributed by atoms with van der Waals surface area (Å²) in [6.07, 6.45) is -3.12. The van der Waals surface area contributed by atoms with Gasteiger partial charge in [-0.25, -0.2) is 4.98 Å². The second-order valence-corrected chi connectivity index (χ2v) is 6.27. The first kappa shape index (κ1) is 19.4. The molecule has 0 saturated heterocycles. The van der Waals surface area contributed by atoms with Crippen LogP contribution < -0.4 is 10.6 Å². The van der Waals surface area contributed by atoms with E-state index in [0.29, 0.717) is 12.4 Å². The van der Waals surface area contributed by atoms with Crippen LogP contribution in [0.1, 0.15) is 27.0 Å². The molecular formula is C21H18F3N3O. The molecule has 0 unspecified atom stereocenters. The first-order valence-corrected chi connectivity index (χ1v) is 8.56. The molecule has 2 N–H and O–H groups in total. The number of halogens is 3. The molecule has 0 saturated carbocycles. The molecule has 1 heterocycles. The number of benzene rings is 2. The zero-order chi connectivity index (χ0) is 20.1. The molecule has 1 amide bonds. The minimum atomic E-state index is -4.55. The fourth-order valence-corrected chi connectivity index (χ4v) is 2.72. The van der Waals surface area contributed by atoms with Crippen molar-refractivity contribution in [3.05, 3.63) is 89.1 Å². The number of pyridine rings is 1. The van der Waals surface area contributed by atoms with Crippen molar-refractivity contribution >= 4 is 17.4 Å². The zero-order valence-corrected chi connectivity index (χ0v) is 15.0. The van der Waals surface area contributed by atoms with E-state index in [4.69, 9.17) is 0 Å². The van der Waals surface area contributed by atoms with Crippen molar-refractivity contribution in [3.8, 4) is 0 Å². The number of hydrogen-bond acceptors (Lipinski definition) is 3. The first-order chi connectivity index (χ1) is 13.3. The smallest absolute Gasteiger partial charge is 0.366 e. The number of carbonyl (C=O) groups excluding carboxylic acids is 1. The summed E-state index contributed by atoms with van der Waals surface area (Å²) in [5, 5.41) is 5.44. The van der Waals surface area contributed by atoms with Gasteiger partial charge >= 0.3 is 6.18 Å². The summed E-state index contributed by atoms with van der Waals surface area (Å²) >= 11 is 0. The Morgan fingerprint density at radius 3 is 2.57 bits per heavy atom. The minimum Gasteiger partial charge on any atom is -0.366 e. The molecule has 0 aliphatic rings. The van der Waals surface area contributed by atoms with E-state index in [0.717, 1.165) is 17.2 Å². The van der Waals surface area contributed by atoms with E-state index in [1.54, 1.807) is 0 Å². The molecule has 4 nitrogen and oxygen atoms in total. The number of aromatic nitrogens is 1. The molecule has 0 radical (unpaired) electrons. The molecule has 2 aromatic carbocycles. The SMILES string of the molecule is Cc1cccc(CNc2cc(C(=O)Nc3ccccc3C(F)(F)F)ccn2)c1. The highest BCUT2D eigenvalue weighted by Crippen LogP contribution is 2.34. The Bertz CT molecular complexity index is 986. The summed E-state index contributed by atoms with van der Waals surface area (Å²) in [6.45, 7) is 2.50. The van der Waals surface area contributed by atoms with Gasteiger partial charge in [0.2, 0.25) is 0 Å². The van der Waals surface area contributed by atoms with Gasteiger partial charge in [-0.05, 0) is 36.8 Å². The summed E-state index contributed by atoms with van der Waals surface area (Å²) < 4.78 is 39.3. The monoisotopic (exact) mass is 385 g/mol. The number of anilines is 2. The molecule has 0 fully saturated rings. The highest BCUT2D eigenvalue weighted by Gasteiger charge is 2.33. The second-order valence-electron chi connectivity index (χ2n) is 6.27. The molecule has 3 aromatic rings. The fraction of sp³-hybridized carbons (Fsp3) is 0.143. The summed E-state index contributed by atoms with van der Waals surface area (Å²) in [7, 11) is 0. The molecule has 28 heavy (non-hydrogen) atoms. The van der Waals surface area contributed by atoms with Crippen molar-refractivity contribution in [2.45, 2.75) is 19.6 Å². The predicted molar refractivity (Wildman–Crippen MR) is 102 cm³/mol. The molecular weight excluding hydrogens is 367 g/mol. The second kappa shape index (κ2) is 8.12. The van der Waals surface area contributed by atoms with E-state index < -0.39 is 17.6 Å². The maximum atomic E-state index is 13.1. The largest absolute Gasteiger partial charge is 0.418 e. The van der Waals surface area contributed by atoms with Gasteiger partial charge in [0.05, 0.1) is 11.3 Å². The Balaban J connectivity index is 1.73. The van der Waals surface area contributed by atoms with Gasteiger partial charge in [0.25, 0.3) is 5.91 Å². The van der Waals surface area contributed by atoms with Gasteiger partial charge in [0.1, 0.15) is 5.82 Å². The fourth-order valence-electron chi connectivity index (χ4n) is 2.72. The number of hydrogen-bond donors (Lipinski definition) is 2. The number of rotatable bonds is 5. The molecule has 0 bridgehead atoms. The normalized spacial score (nSPS) is 11.1. The lowest BCUT2D eigenvalue weighted by atomic mass is 10.1. The maximum Gasteiger partial charge on any atom is 0.418 e. The Morgan fingerprint density at radius 2 is 1.82 bits per heavy atom. The third-order valence-corrected chi connectivity index (χ3v) is 4.06. The Kier molecular flexibility index (Phi) is 5.63. The molecule has 0 aliphatic heterocycles. The lowest BCUT2D eigenvalue weighted by molar-refractivity contribution is -0.136. The molecule has 0 spiro atoms. The zero-order valence-electron chi connectivity index (χ0n) is 15.0. The third-order valence-electron chi connectivity index (χ3n) is 4.06. The third kappa shape index (κ3) is 4.88. The van der Waals surface area contributed by atoms with Gasteiger partial charge in [-0.2, -0.15) is 13.2 Å². The quantitative estimate of drug-likeness (QED) is 0.629. The number of amides is 1. The van der Waals surface area contributed by atoms with E-state index in [9.17, 15) is 18.0 Å². The molecule has 1 aromatic heterocycles. The van der Waals surface area contributed by atoms with E-state index in [2.05, 4.69) is 15.6 Å². The number of carbonyl (C=O) groups is 1. The van der Waals surface area contributed by atoms with Gasteiger partial charge in [-0.15, -0.1) is 0 Å². The summed E-state index contributed by atoms with van der Waals surface area (Å²) in [5.74, 6) is -0.184. The highest BCUT2D eigenvalue weighted by atomic mass is 19.4. The lowest BCUT2D eigenvalue weighted by Gasteiger charge is -2.14. The van der Waals surface area contributed by atoms with Crippen LogP contribution in [0.3, 0.4) is 0 Å². The van der Waals surface area contributed by atoms with Crippen molar-refractivity contribution in [1.82, 2.24) is 4.98 Å². The van der Waals surface area contributed by atoms with Crippen LogP contribution in [0.2, 0.25) is 0 Å². The number of nitrogens with one attached hydrogen (secondary N) is 2. The number of aryl methyl sites for hydroxylation is 1. The van der Waals surface area contributed by atoms with Crippen molar-refractivity contribution < 1.29 is 18.0 Å². The van der Waals surface area contributed by atoms with Gasteiger partial charge in [-0.1, -0.05) is 42.0 Å². The Hall–Kier alpha value is -3.35. The maximum absolute atomic E-state index is 13.1. The van der Waals surface area contributed by atoms with Crippen LogP contribution in [-0.4, -0.2) is 10.9 Å².